The molecule has 3 N–H and O–H groups in total. The highest BCUT2D eigenvalue weighted by atomic mass is 35.5. The molecule has 2 aromatic heterocycles. The van der Waals surface area contributed by atoms with E-state index in [0.717, 1.165) is 60.7 Å². The van der Waals surface area contributed by atoms with Crippen molar-refractivity contribution in [2.24, 2.45) is 0 Å². The van der Waals surface area contributed by atoms with Gasteiger partial charge in [-0.15, -0.1) is 0 Å². The molecule has 3 aromatic carbocycles. The van der Waals surface area contributed by atoms with Gasteiger partial charge in [0.05, 0.1) is 5.52 Å². The van der Waals surface area contributed by atoms with E-state index in [-0.39, 0.29) is 5.82 Å². The van der Waals surface area contributed by atoms with Gasteiger partial charge in [0.1, 0.15) is 5.82 Å². The third-order valence-electron chi connectivity index (χ3n) is 6.93. The van der Waals surface area contributed by atoms with Crippen molar-refractivity contribution in [3.05, 3.63) is 89.8 Å². The normalized spacial score (nSPS) is 13.8. The minimum atomic E-state index is -0.337. The predicted octanol–water partition coefficient (Wildman–Crippen LogP) is 6.59. The van der Waals surface area contributed by atoms with Crippen LogP contribution in [0.25, 0.3) is 10.9 Å². The van der Waals surface area contributed by atoms with E-state index >= 15 is 0 Å². The average molecular weight is 570 g/mol. The molecule has 9 nitrogen and oxygen atoms in total. The first-order valence-corrected chi connectivity index (χ1v) is 13.8. The van der Waals surface area contributed by atoms with Gasteiger partial charge in [-0.1, -0.05) is 24.6 Å². The molecule has 0 atom stereocenters. The highest BCUT2D eigenvalue weighted by molar-refractivity contribution is 6.31. The van der Waals surface area contributed by atoms with Crippen molar-refractivity contribution in [2.45, 2.75) is 6.92 Å². The molecular weight excluding hydrogens is 541 g/mol. The zero-order valence-electron chi connectivity index (χ0n) is 22.5. The summed E-state index contributed by atoms with van der Waals surface area (Å²) in [4.78, 5) is 22.9. The van der Waals surface area contributed by atoms with Crippen LogP contribution in [-0.4, -0.2) is 57.6 Å². The number of benzene rings is 3. The van der Waals surface area contributed by atoms with Crippen molar-refractivity contribution >= 4 is 63.1 Å². The third-order valence-corrected chi connectivity index (χ3v) is 7.17. The van der Waals surface area contributed by atoms with E-state index in [1.807, 2.05) is 48.5 Å². The van der Waals surface area contributed by atoms with E-state index in [1.54, 1.807) is 18.3 Å². The second-order valence-corrected chi connectivity index (χ2v) is 10.1. The van der Waals surface area contributed by atoms with Gasteiger partial charge >= 0.3 is 0 Å². The highest BCUT2D eigenvalue weighted by Crippen LogP contribution is 2.28. The molecule has 1 saturated heterocycles. The van der Waals surface area contributed by atoms with E-state index < -0.39 is 0 Å². The number of rotatable bonds is 8. The number of fused-ring (bicyclic) bond motifs is 1. The van der Waals surface area contributed by atoms with Crippen LogP contribution < -0.4 is 20.9 Å². The summed E-state index contributed by atoms with van der Waals surface area (Å²) in [7, 11) is 0. The van der Waals surface area contributed by atoms with E-state index in [1.165, 1.54) is 12.1 Å². The number of likely N-dealkylation sites (N-methyl/N-ethyl adjacent to an activating group) is 1. The summed E-state index contributed by atoms with van der Waals surface area (Å²) in [6, 6.07) is 21.7. The molecule has 41 heavy (non-hydrogen) atoms. The quantitative estimate of drug-likeness (QED) is 0.191. The zero-order chi connectivity index (χ0) is 28.2. The second-order valence-electron chi connectivity index (χ2n) is 9.69. The molecular formula is C30H29ClFN9. The number of hydrogen-bond acceptors (Lipinski definition) is 9. The minimum Gasteiger partial charge on any atom is -0.355 e. The van der Waals surface area contributed by atoms with Crippen molar-refractivity contribution in [1.29, 1.82) is 0 Å². The molecule has 5 aromatic rings. The molecule has 208 valence electrons. The van der Waals surface area contributed by atoms with Gasteiger partial charge < -0.3 is 25.8 Å². The maximum atomic E-state index is 13.8. The molecule has 0 bridgehead atoms. The van der Waals surface area contributed by atoms with Crippen LogP contribution in [0, 0.1) is 5.82 Å². The number of anilines is 7. The predicted molar refractivity (Wildman–Crippen MR) is 164 cm³/mol. The number of aromatic nitrogens is 4. The number of pyridine rings is 1. The largest absolute Gasteiger partial charge is 0.355 e. The van der Waals surface area contributed by atoms with Gasteiger partial charge in [-0.05, 0) is 73.3 Å². The monoisotopic (exact) mass is 569 g/mol. The van der Waals surface area contributed by atoms with E-state index in [4.69, 9.17) is 16.6 Å². The number of nitrogens with zero attached hydrogens (tertiary/aromatic N) is 6. The molecule has 1 fully saturated rings. The van der Waals surface area contributed by atoms with Crippen molar-refractivity contribution in [3.63, 3.8) is 0 Å². The summed E-state index contributed by atoms with van der Waals surface area (Å²) < 4.78 is 13.8. The van der Waals surface area contributed by atoms with Gasteiger partial charge in [-0.25, -0.2) is 4.39 Å². The summed E-state index contributed by atoms with van der Waals surface area (Å²) in [5.41, 5.74) is 4.05. The molecule has 1 aliphatic heterocycles. The number of nitrogens with one attached hydrogen (secondary N) is 3. The first-order chi connectivity index (χ1) is 20.0. The van der Waals surface area contributed by atoms with E-state index in [9.17, 15) is 4.39 Å². The smallest absolute Gasteiger partial charge is 0.233 e. The molecule has 0 spiro atoms. The Morgan fingerprint density at radius 3 is 2.20 bits per heavy atom. The fourth-order valence-electron chi connectivity index (χ4n) is 4.73. The highest BCUT2D eigenvalue weighted by Gasteiger charge is 2.20. The Labute approximate surface area is 242 Å². The summed E-state index contributed by atoms with van der Waals surface area (Å²) in [6.45, 7) is 6.68. The van der Waals surface area contributed by atoms with Crippen LogP contribution in [0.2, 0.25) is 5.02 Å². The molecule has 6 rings (SSSR count). The Morgan fingerprint density at radius 2 is 1.49 bits per heavy atom. The van der Waals surface area contributed by atoms with Gasteiger partial charge in [0.25, 0.3) is 0 Å². The maximum Gasteiger partial charge on any atom is 0.233 e. The summed E-state index contributed by atoms with van der Waals surface area (Å²) in [6.07, 6.45) is 1.76. The Bertz CT molecular complexity index is 1660. The van der Waals surface area contributed by atoms with Crippen molar-refractivity contribution in [1.82, 2.24) is 24.8 Å². The van der Waals surface area contributed by atoms with Crippen LogP contribution in [0.15, 0.2) is 79.0 Å². The molecule has 0 aliphatic carbocycles. The molecule has 3 heterocycles. The van der Waals surface area contributed by atoms with E-state index in [2.05, 4.69) is 47.6 Å². The standard InChI is InChI=1S/C30H29ClFN9/c1-2-40-14-16-41(17-15-40)30-38-28(37-29(39-30)36-24-5-3-4-21(32)19-24)35-23-9-7-22(8-10-23)34-26-12-13-33-27-18-20(31)6-11-25(26)27/h3-13,18-19H,2,14-17H2,1H3,(H,33,34)(H2,35,36,37,38,39). The van der Waals surface area contributed by atoms with Gasteiger partial charge in [0.2, 0.25) is 17.8 Å². The zero-order valence-corrected chi connectivity index (χ0v) is 23.2. The molecule has 0 amide bonds. The molecule has 0 saturated carbocycles. The van der Waals surface area contributed by atoms with Crippen LogP contribution in [-0.2, 0) is 0 Å². The van der Waals surface area contributed by atoms with Crippen LogP contribution >= 0.6 is 11.6 Å². The van der Waals surface area contributed by atoms with Crippen LogP contribution in [0.4, 0.5) is 45.0 Å². The fourth-order valence-corrected chi connectivity index (χ4v) is 4.90. The first-order valence-electron chi connectivity index (χ1n) is 13.5. The Kier molecular flexibility index (Phi) is 7.75. The lowest BCUT2D eigenvalue weighted by atomic mass is 10.2. The van der Waals surface area contributed by atoms with Gasteiger partial charge in [0, 0.05) is 65.5 Å². The topological polar surface area (TPSA) is 94.1 Å². The van der Waals surface area contributed by atoms with Crippen LogP contribution in [0.1, 0.15) is 6.92 Å². The van der Waals surface area contributed by atoms with Gasteiger partial charge in [-0.2, -0.15) is 15.0 Å². The summed E-state index contributed by atoms with van der Waals surface area (Å²) in [5, 5.41) is 11.5. The van der Waals surface area contributed by atoms with Crippen molar-refractivity contribution in [2.75, 3.05) is 53.6 Å². The van der Waals surface area contributed by atoms with Crippen LogP contribution in [0.3, 0.4) is 0 Å². The Hall–Kier alpha value is -4.54. The average Bonchev–Trinajstić information content (AvgIpc) is 2.98. The second kappa shape index (κ2) is 11.9. The minimum absolute atomic E-state index is 0.337. The number of halogens is 2. The number of piperazine rings is 1. The Morgan fingerprint density at radius 1 is 0.780 bits per heavy atom. The van der Waals surface area contributed by atoms with Gasteiger partial charge in [-0.3, -0.25) is 4.98 Å². The Balaban J connectivity index is 1.22. The maximum absolute atomic E-state index is 13.8. The molecule has 0 unspecified atom stereocenters. The summed E-state index contributed by atoms with van der Waals surface area (Å²) >= 11 is 6.13. The molecule has 11 heteroatoms. The fraction of sp³-hybridized carbons (Fsp3) is 0.200. The number of hydrogen-bond donors (Lipinski definition) is 3. The summed E-state index contributed by atoms with van der Waals surface area (Å²) in [5.74, 6) is 0.962. The lowest BCUT2D eigenvalue weighted by molar-refractivity contribution is 0.270. The van der Waals surface area contributed by atoms with Crippen molar-refractivity contribution < 1.29 is 4.39 Å². The van der Waals surface area contributed by atoms with Crippen molar-refractivity contribution in [3.8, 4) is 0 Å². The van der Waals surface area contributed by atoms with Crippen LogP contribution in [0.5, 0.6) is 0 Å². The molecule has 1 aliphatic rings. The third kappa shape index (κ3) is 6.45. The molecule has 0 radical (unpaired) electrons. The SMILES string of the molecule is CCN1CCN(c2nc(Nc3ccc(Nc4ccnc5cc(Cl)ccc45)cc3)nc(Nc3cccc(F)c3)n2)CC1. The lowest BCUT2D eigenvalue weighted by Gasteiger charge is -2.34. The van der Waals surface area contributed by atoms with Gasteiger partial charge in [0.15, 0.2) is 0 Å². The first kappa shape index (κ1) is 26.7. The lowest BCUT2D eigenvalue weighted by Crippen LogP contribution is -2.46. The van der Waals surface area contributed by atoms with E-state index in [0.29, 0.717) is 28.6 Å².